The van der Waals surface area contributed by atoms with Crippen molar-refractivity contribution in [3.05, 3.63) is 72.9 Å². The average molecular weight is 335 g/mol. The summed E-state index contributed by atoms with van der Waals surface area (Å²) in [6, 6.07) is 19.9. The van der Waals surface area contributed by atoms with E-state index in [1.807, 2.05) is 42.5 Å². The lowest BCUT2D eigenvalue weighted by molar-refractivity contribution is -0.134. The molecule has 5 nitrogen and oxygen atoms in total. The van der Waals surface area contributed by atoms with E-state index < -0.39 is 0 Å². The minimum absolute atomic E-state index is 0.223. The highest BCUT2D eigenvalue weighted by Gasteiger charge is 2.11. The van der Waals surface area contributed by atoms with Crippen LogP contribution in [0, 0.1) is 0 Å². The van der Waals surface area contributed by atoms with Gasteiger partial charge in [-0.05, 0) is 36.4 Å². The highest BCUT2D eigenvalue weighted by Crippen LogP contribution is 2.32. The number of carbonyl (C=O) groups is 1. The lowest BCUT2D eigenvalue weighted by atomic mass is 10.3. The maximum atomic E-state index is 11.5. The molecule has 0 aliphatic carbocycles. The number of aromatic nitrogens is 1. The number of ether oxygens (including phenoxy) is 3. The molecule has 0 fully saturated rings. The fourth-order valence-corrected chi connectivity index (χ4v) is 2.06. The molecule has 1 heterocycles. The number of hydrogen-bond donors (Lipinski definition) is 0. The van der Waals surface area contributed by atoms with Gasteiger partial charge in [-0.15, -0.1) is 0 Å². The van der Waals surface area contributed by atoms with E-state index in [0.29, 0.717) is 11.5 Å². The van der Waals surface area contributed by atoms with Crippen molar-refractivity contribution in [2.75, 3.05) is 0 Å². The Morgan fingerprint density at radius 1 is 0.880 bits per heavy atom. The van der Waals surface area contributed by atoms with E-state index in [0.717, 1.165) is 5.75 Å². The third kappa shape index (κ3) is 4.57. The van der Waals surface area contributed by atoms with Crippen LogP contribution in [0.1, 0.15) is 13.3 Å². The first-order chi connectivity index (χ1) is 12.2. The second kappa shape index (κ2) is 7.97. The van der Waals surface area contributed by atoms with Gasteiger partial charge in [0.1, 0.15) is 17.2 Å². The molecule has 0 amide bonds. The molecule has 1 aromatic heterocycles. The van der Waals surface area contributed by atoms with Gasteiger partial charge in [0.05, 0.1) is 0 Å². The highest BCUT2D eigenvalue weighted by atomic mass is 16.6. The van der Waals surface area contributed by atoms with Crippen molar-refractivity contribution in [3.63, 3.8) is 0 Å². The van der Waals surface area contributed by atoms with Gasteiger partial charge in [-0.3, -0.25) is 4.79 Å². The smallest absolute Gasteiger partial charge is 0.311 e. The molecule has 25 heavy (non-hydrogen) atoms. The van der Waals surface area contributed by atoms with Crippen molar-refractivity contribution in [3.8, 4) is 28.9 Å². The molecule has 3 rings (SSSR count). The third-order valence-electron chi connectivity index (χ3n) is 3.25. The first kappa shape index (κ1) is 16.5. The minimum atomic E-state index is -0.348. The van der Waals surface area contributed by atoms with Crippen LogP contribution in [0.25, 0.3) is 0 Å². The molecule has 0 saturated carbocycles. The maximum absolute atomic E-state index is 11.5. The maximum Gasteiger partial charge on any atom is 0.311 e. The zero-order valence-corrected chi connectivity index (χ0v) is 13.7. The van der Waals surface area contributed by atoms with Gasteiger partial charge < -0.3 is 14.2 Å². The summed E-state index contributed by atoms with van der Waals surface area (Å²) >= 11 is 0. The molecule has 2 aromatic carbocycles. The van der Waals surface area contributed by atoms with Crippen LogP contribution < -0.4 is 14.2 Å². The van der Waals surface area contributed by atoms with Crippen LogP contribution in [0.15, 0.2) is 72.9 Å². The molecule has 3 aromatic rings. The van der Waals surface area contributed by atoms with Crippen LogP contribution in [-0.4, -0.2) is 11.0 Å². The van der Waals surface area contributed by atoms with Crippen molar-refractivity contribution < 1.29 is 19.0 Å². The van der Waals surface area contributed by atoms with Crippen molar-refractivity contribution in [1.82, 2.24) is 4.98 Å². The minimum Gasteiger partial charge on any atom is -0.457 e. The lowest BCUT2D eigenvalue weighted by Gasteiger charge is -2.11. The number of benzene rings is 2. The average Bonchev–Trinajstić information content (AvgIpc) is 2.64. The largest absolute Gasteiger partial charge is 0.457 e. The summed E-state index contributed by atoms with van der Waals surface area (Å²) in [6.07, 6.45) is 1.84. The standard InChI is InChI=1S/C20H17NO4/c1-2-19(22)25-18-12-7-13-21-20(18)24-17-11-6-10-16(14-17)23-15-8-4-3-5-9-15/h3-14H,2H2,1H3. The number of rotatable bonds is 6. The number of nitrogens with zero attached hydrogens (tertiary/aromatic N) is 1. The fraction of sp³-hybridized carbons (Fsp3) is 0.100. The van der Waals surface area contributed by atoms with E-state index in [1.54, 1.807) is 37.4 Å². The van der Waals surface area contributed by atoms with Crippen LogP contribution in [0.5, 0.6) is 28.9 Å². The number of para-hydroxylation sites is 1. The number of pyridine rings is 1. The molecule has 0 atom stereocenters. The summed E-state index contributed by atoms with van der Waals surface area (Å²) in [5.74, 6) is 2.05. The lowest BCUT2D eigenvalue weighted by Crippen LogP contribution is -2.06. The fourth-order valence-electron chi connectivity index (χ4n) is 2.06. The molecule has 0 bridgehead atoms. The topological polar surface area (TPSA) is 57.7 Å². The first-order valence-electron chi connectivity index (χ1n) is 7.91. The van der Waals surface area contributed by atoms with Crippen LogP contribution in [-0.2, 0) is 4.79 Å². The van der Waals surface area contributed by atoms with E-state index in [9.17, 15) is 4.79 Å². The molecule has 0 radical (unpaired) electrons. The Bertz CT molecular complexity index is 849. The van der Waals surface area contributed by atoms with Gasteiger partial charge in [0, 0.05) is 18.7 Å². The summed E-state index contributed by atoms with van der Waals surface area (Å²) < 4.78 is 16.8. The monoisotopic (exact) mass is 335 g/mol. The Morgan fingerprint density at radius 3 is 2.36 bits per heavy atom. The number of carbonyl (C=O) groups excluding carboxylic acids is 1. The van der Waals surface area contributed by atoms with Crippen LogP contribution >= 0.6 is 0 Å². The number of esters is 1. The molecule has 0 unspecified atom stereocenters. The normalized spacial score (nSPS) is 10.1. The van der Waals surface area contributed by atoms with Crippen LogP contribution in [0.3, 0.4) is 0 Å². The van der Waals surface area contributed by atoms with Gasteiger partial charge in [0.15, 0.2) is 5.75 Å². The molecule has 0 N–H and O–H groups in total. The van der Waals surface area contributed by atoms with E-state index in [-0.39, 0.29) is 24.0 Å². The van der Waals surface area contributed by atoms with E-state index in [4.69, 9.17) is 14.2 Å². The quantitative estimate of drug-likeness (QED) is 0.595. The third-order valence-corrected chi connectivity index (χ3v) is 3.25. The molecule has 126 valence electrons. The van der Waals surface area contributed by atoms with Crippen molar-refractivity contribution in [2.45, 2.75) is 13.3 Å². The second-order valence-corrected chi connectivity index (χ2v) is 5.13. The predicted molar refractivity (Wildman–Crippen MR) is 93.2 cm³/mol. The van der Waals surface area contributed by atoms with E-state index in [2.05, 4.69) is 4.98 Å². The Hall–Kier alpha value is -3.34. The van der Waals surface area contributed by atoms with Crippen LogP contribution in [0.2, 0.25) is 0 Å². The Labute approximate surface area is 145 Å². The molecule has 0 spiro atoms. The zero-order chi connectivity index (χ0) is 17.5. The van der Waals surface area contributed by atoms with E-state index in [1.165, 1.54) is 0 Å². The SMILES string of the molecule is CCC(=O)Oc1cccnc1Oc1cccc(Oc2ccccc2)c1. The highest BCUT2D eigenvalue weighted by molar-refractivity contribution is 5.72. The molecule has 5 heteroatoms. The summed E-state index contributed by atoms with van der Waals surface area (Å²) in [6.45, 7) is 1.73. The van der Waals surface area contributed by atoms with Crippen molar-refractivity contribution in [2.24, 2.45) is 0 Å². The van der Waals surface area contributed by atoms with Gasteiger partial charge >= 0.3 is 5.97 Å². The molecule has 0 aliphatic heterocycles. The van der Waals surface area contributed by atoms with Gasteiger partial charge in [-0.1, -0.05) is 31.2 Å². The summed E-state index contributed by atoms with van der Waals surface area (Å²) in [5.41, 5.74) is 0. The molecule has 0 aliphatic rings. The predicted octanol–water partition coefficient (Wildman–Crippen LogP) is 4.98. The summed E-state index contributed by atoms with van der Waals surface area (Å²) in [7, 11) is 0. The van der Waals surface area contributed by atoms with Gasteiger partial charge in [-0.2, -0.15) is 0 Å². The van der Waals surface area contributed by atoms with Gasteiger partial charge in [0.2, 0.25) is 0 Å². The Balaban J connectivity index is 1.77. The van der Waals surface area contributed by atoms with Crippen LogP contribution in [0.4, 0.5) is 0 Å². The number of hydrogen-bond acceptors (Lipinski definition) is 5. The van der Waals surface area contributed by atoms with Crippen molar-refractivity contribution in [1.29, 1.82) is 0 Å². The summed E-state index contributed by atoms with van der Waals surface area (Å²) in [5, 5.41) is 0. The first-order valence-corrected chi connectivity index (χ1v) is 7.91. The second-order valence-electron chi connectivity index (χ2n) is 5.13. The molecule has 0 saturated heterocycles. The Morgan fingerprint density at radius 2 is 1.60 bits per heavy atom. The summed E-state index contributed by atoms with van der Waals surface area (Å²) in [4.78, 5) is 15.7. The zero-order valence-electron chi connectivity index (χ0n) is 13.7. The van der Waals surface area contributed by atoms with Gasteiger partial charge in [0.25, 0.3) is 5.88 Å². The Kier molecular flexibility index (Phi) is 5.26. The molecular formula is C20H17NO4. The van der Waals surface area contributed by atoms with Gasteiger partial charge in [-0.25, -0.2) is 4.98 Å². The molecular weight excluding hydrogens is 318 g/mol. The van der Waals surface area contributed by atoms with Crippen molar-refractivity contribution >= 4 is 5.97 Å². The van der Waals surface area contributed by atoms with E-state index >= 15 is 0 Å².